The molecule has 0 unspecified atom stereocenters. The summed E-state index contributed by atoms with van der Waals surface area (Å²) < 4.78 is 5.16. The van der Waals surface area contributed by atoms with Gasteiger partial charge in [-0.3, -0.25) is 9.59 Å². The monoisotopic (exact) mass is 448 g/mol. The molecule has 33 heavy (non-hydrogen) atoms. The maximum Gasteiger partial charge on any atom is 0.376 e. The lowest BCUT2D eigenvalue weighted by molar-refractivity contribution is -0.140. The quantitative estimate of drug-likeness (QED) is 0.517. The second-order valence-corrected chi connectivity index (χ2v) is 7.67. The lowest BCUT2D eigenvalue weighted by atomic mass is 10.2. The fourth-order valence-electron chi connectivity index (χ4n) is 3.69. The molecule has 1 saturated heterocycles. The lowest BCUT2D eigenvalue weighted by Gasteiger charge is -2.16. The standard InChI is InChI=1S/C24H24N4O5/c1-32-19-13-11-18(12-14-19)28-21(24(31)33-27-28)15-20(23(30)25-17-9-5-6-10-17)26-22(29)16-7-3-2-4-8-16/h2-4,7-8,11-15,17,27H,5-6,9-10H2,1H3,(H,25,30)/b21-15+,26-20?. The van der Waals surface area contributed by atoms with Crippen LogP contribution in [-0.4, -0.2) is 36.6 Å². The Morgan fingerprint density at radius 2 is 1.82 bits per heavy atom. The van der Waals surface area contributed by atoms with Gasteiger partial charge in [0.25, 0.3) is 11.8 Å². The first-order chi connectivity index (χ1) is 16.0. The van der Waals surface area contributed by atoms with Crippen LogP contribution in [0, 0.1) is 0 Å². The van der Waals surface area contributed by atoms with Gasteiger partial charge in [-0.2, -0.15) is 0 Å². The Morgan fingerprint density at radius 1 is 1.12 bits per heavy atom. The van der Waals surface area contributed by atoms with Crippen molar-refractivity contribution in [1.82, 2.24) is 10.9 Å². The predicted molar refractivity (Wildman–Crippen MR) is 121 cm³/mol. The van der Waals surface area contributed by atoms with Crippen molar-refractivity contribution in [3.63, 3.8) is 0 Å². The van der Waals surface area contributed by atoms with Gasteiger partial charge in [0.15, 0.2) is 5.70 Å². The fourth-order valence-corrected chi connectivity index (χ4v) is 3.69. The molecular formula is C24H24N4O5. The number of aliphatic imine (C=N–C) groups is 1. The van der Waals surface area contributed by atoms with E-state index < -0.39 is 17.8 Å². The van der Waals surface area contributed by atoms with E-state index in [2.05, 4.69) is 15.9 Å². The molecule has 2 amide bonds. The lowest BCUT2D eigenvalue weighted by Crippen LogP contribution is -2.38. The molecule has 1 aliphatic carbocycles. The summed E-state index contributed by atoms with van der Waals surface area (Å²) >= 11 is 0. The number of benzene rings is 2. The zero-order chi connectivity index (χ0) is 23.2. The third-order valence-corrected chi connectivity index (χ3v) is 5.45. The highest BCUT2D eigenvalue weighted by Gasteiger charge is 2.31. The van der Waals surface area contributed by atoms with Crippen molar-refractivity contribution < 1.29 is 24.0 Å². The summed E-state index contributed by atoms with van der Waals surface area (Å²) in [6.07, 6.45) is 5.05. The van der Waals surface area contributed by atoms with Gasteiger partial charge in [0.1, 0.15) is 11.5 Å². The molecule has 2 aliphatic rings. The summed E-state index contributed by atoms with van der Waals surface area (Å²) in [5.74, 6) is -1.17. The largest absolute Gasteiger partial charge is 0.497 e. The van der Waals surface area contributed by atoms with Crippen molar-refractivity contribution in [3.05, 3.63) is 71.9 Å². The molecular weight excluding hydrogens is 424 g/mol. The van der Waals surface area contributed by atoms with E-state index in [0.29, 0.717) is 17.0 Å². The molecule has 9 nitrogen and oxygen atoms in total. The molecule has 1 aliphatic heterocycles. The summed E-state index contributed by atoms with van der Waals surface area (Å²) in [4.78, 5) is 47.2. The Kier molecular flexibility index (Phi) is 6.80. The van der Waals surface area contributed by atoms with Crippen molar-refractivity contribution in [1.29, 1.82) is 0 Å². The maximum absolute atomic E-state index is 13.0. The van der Waals surface area contributed by atoms with Gasteiger partial charge < -0.3 is 14.9 Å². The van der Waals surface area contributed by atoms with E-state index >= 15 is 0 Å². The van der Waals surface area contributed by atoms with E-state index in [0.717, 1.165) is 25.7 Å². The molecule has 1 heterocycles. The van der Waals surface area contributed by atoms with E-state index in [-0.39, 0.29) is 17.5 Å². The van der Waals surface area contributed by atoms with Crippen LogP contribution in [0.3, 0.4) is 0 Å². The molecule has 0 radical (unpaired) electrons. The highest BCUT2D eigenvalue weighted by molar-refractivity contribution is 6.45. The molecule has 1 saturated carbocycles. The smallest absolute Gasteiger partial charge is 0.376 e. The van der Waals surface area contributed by atoms with E-state index in [1.807, 2.05) is 0 Å². The zero-order valence-corrected chi connectivity index (χ0v) is 18.1. The molecule has 0 atom stereocenters. The highest BCUT2D eigenvalue weighted by atomic mass is 16.7. The van der Waals surface area contributed by atoms with Gasteiger partial charge in [-0.15, -0.1) is 0 Å². The van der Waals surface area contributed by atoms with E-state index in [9.17, 15) is 14.4 Å². The number of methoxy groups -OCH3 is 1. The van der Waals surface area contributed by atoms with Crippen LogP contribution in [0.1, 0.15) is 36.0 Å². The van der Waals surface area contributed by atoms with Gasteiger partial charge in [-0.05, 0) is 49.2 Å². The zero-order valence-electron chi connectivity index (χ0n) is 18.1. The molecule has 2 fully saturated rings. The number of hydrogen-bond acceptors (Lipinski definition) is 7. The summed E-state index contributed by atoms with van der Waals surface area (Å²) in [6, 6.07) is 15.3. The number of amides is 2. The van der Waals surface area contributed by atoms with Gasteiger partial charge in [0.2, 0.25) is 0 Å². The summed E-state index contributed by atoms with van der Waals surface area (Å²) in [5.41, 5.74) is 3.26. The van der Waals surface area contributed by atoms with Crippen molar-refractivity contribution in [3.8, 4) is 5.75 Å². The van der Waals surface area contributed by atoms with Gasteiger partial charge in [0.05, 0.1) is 12.8 Å². The predicted octanol–water partition coefficient (Wildman–Crippen LogP) is 2.70. The Hall–Kier alpha value is -3.98. The van der Waals surface area contributed by atoms with E-state index in [4.69, 9.17) is 9.57 Å². The van der Waals surface area contributed by atoms with Gasteiger partial charge in [0, 0.05) is 17.7 Å². The minimum absolute atomic E-state index is 0.0132. The van der Waals surface area contributed by atoms with Crippen LogP contribution in [0.25, 0.3) is 0 Å². The summed E-state index contributed by atoms with van der Waals surface area (Å²) in [6.45, 7) is 0. The van der Waals surface area contributed by atoms with Crippen LogP contribution in [-0.2, 0) is 14.4 Å². The van der Waals surface area contributed by atoms with Crippen molar-refractivity contribution in [2.24, 2.45) is 4.99 Å². The number of rotatable bonds is 6. The summed E-state index contributed by atoms with van der Waals surface area (Å²) in [7, 11) is 1.55. The average Bonchev–Trinajstić information content (AvgIpc) is 3.49. The molecule has 4 rings (SSSR count). The SMILES string of the molecule is COc1ccc(N2NOC(=O)/C2=C\C(=NC(=O)c2ccccc2)C(=O)NC2CCCC2)cc1. The minimum atomic E-state index is -0.709. The normalized spacial score (nSPS) is 17.8. The minimum Gasteiger partial charge on any atom is -0.497 e. The van der Waals surface area contributed by atoms with Crippen LogP contribution < -0.4 is 20.7 Å². The van der Waals surface area contributed by atoms with Crippen molar-refractivity contribution in [2.45, 2.75) is 31.7 Å². The van der Waals surface area contributed by atoms with Crippen LogP contribution >= 0.6 is 0 Å². The summed E-state index contributed by atoms with van der Waals surface area (Å²) in [5, 5.41) is 4.29. The van der Waals surface area contributed by atoms with E-state index in [1.54, 1.807) is 61.7 Å². The van der Waals surface area contributed by atoms with Gasteiger partial charge in [-0.1, -0.05) is 36.6 Å². The third kappa shape index (κ3) is 5.27. The Bertz CT molecular complexity index is 1090. The van der Waals surface area contributed by atoms with Crippen LogP contribution in [0.4, 0.5) is 5.69 Å². The van der Waals surface area contributed by atoms with E-state index in [1.165, 1.54) is 11.1 Å². The number of ether oxygens (including phenoxy) is 1. The first-order valence-corrected chi connectivity index (χ1v) is 10.7. The Balaban J connectivity index is 1.68. The van der Waals surface area contributed by atoms with Crippen LogP contribution in [0.5, 0.6) is 5.75 Å². The molecule has 170 valence electrons. The van der Waals surface area contributed by atoms with Crippen LogP contribution in [0.2, 0.25) is 0 Å². The second kappa shape index (κ2) is 10.1. The van der Waals surface area contributed by atoms with Crippen molar-refractivity contribution in [2.75, 3.05) is 12.1 Å². The molecule has 9 heteroatoms. The Morgan fingerprint density at radius 3 is 2.48 bits per heavy atom. The number of hydrogen-bond donors (Lipinski definition) is 2. The number of anilines is 1. The maximum atomic E-state index is 13.0. The molecule has 0 aromatic heterocycles. The average molecular weight is 448 g/mol. The number of hydrazine groups is 1. The van der Waals surface area contributed by atoms with Crippen molar-refractivity contribution >= 4 is 29.2 Å². The number of carbonyl (C=O) groups is 3. The fraction of sp³-hybridized carbons (Fsp3) is 0.250. The number of carbonyl (C=O) groups excluding carboxylic acids is 3. The number of nitrogens with one attached hydrogen (secondary N) is 2. The third-order valence-electron chi connectivity index (χ3n) is 5.45. The molecule has 2 N–H and O–H groups in total. The highest BCUT2D eigenvalue weighted by Crippen LogP contribution is 2.25. The second-order valence-electron chi connectivity index (χ2n) is 7.67. The molecule has 0 spiro atoms. The van der Waals surface area contributed by atoms with Gasteiger partial charge >= 0.3 is 5.97 Å². The first-order valence-electron chi connectivity index (χ1n) is 10.7. The molecule has 2 aromatic rings. The number of nitrogens with zero attached hydrogens (tertiary/aromatic N) is 2. The molecule has 2 aromatic carbocycles. The topological polar surface area (TPSA) is 109 Å². The van der Waals surface area contributed by atoms with Crippen LogP contribution in [0.15, 0.2) is 71.4 Å². The first kappa shape index (κ1) is 22.2. The van der Waals surface area contributed by atoms with Gasteiger partial charge in [-0.25, -0.2) is 14.8 Å². The molecule has 0 bridgehead atoms. The Labute approximate surface area is 191 Å².